The van der Waals surface area contributed by atoms with Crippen molar-refractivity contribution >= 4 is 16.8 Å². The van der Waals surface area contributed by atoms with Crippen LogP contribution in [0.3, 0.4) is 0 Å². The minimum Gasteiger partial charge on any atom is -0.491 e. The minimum atomic E-state index is 0.0411. The molecule has 3 heterocycles. The second kappa shape index (κ2) is 11.2. The highest BCUT2D eigenvalue weighted by Gasteiger charge is 2.25. The Hall–Kier alpha value is -2.90. The quantitative estimate of drug-likeness (QED) is 0.289. The highest BCUT2D eigenvalue weighted by molar-refractivity contribution is 5.89. The zero-order chi connectivity index (χ0) is 25.0. The highest BCUT2D eigenvalue weighted by atomic mass is 16.6. The van der Waals surface area contributed by atoms with Crippen LogP contribution in [-0.4, -0.2) is 64.1 Å². The second-order valence-corrected chi connectivity index (χ2v) is 10.0. The Morgan fingerprint density at radius 1 is 0.838 bits per heavy atom. The van der Waals surface area contributed by atoms with Crippen LogP contribution in [0.4, 0.5) is 0 Å². The third-order valence-electron chi connectivity index (χ3n) is 6.92. The lowest BCUT2D eigenvalue weighted by atomic mass is 9.95. The number of ether oxygens (including phenoxy) is 6. The summed E-state index contributed by atoms with van der Waals surface area (Å²) in [5, 5.41) is 2.35. The molecule has 0 bridgehead atoms. The van der Waals surface area contributed by atoms with Gasteiger partial charge in [0, 0.05) is 5.56 Å². The van der Waals surface area contributed by atoms with Crippen molar-refractivity contribution in [2.75, 3.05) is 39.6 Å². The summed E-state index contributed by atoms with van der Waals surface area (Å²) in [5.74, 6) is 1.78. The normalized spacial score (nSPS) is 22.8. The highest BCUT2D eigenvalue weighted by Crippen LogP contribution is 2.33. The molecule has 3 saturated heterocycles. The van der Waals surface area contributed by atoms with Crippen LogP contribution < -0.4 is 9.47 Å². The lowest BCUT2D eigenvalue weighted by Crippen LogP contribution is -2.09. The number of hydrogen-bond donors (Lipinski definition) is 0. The Morgan fingerprint density at radius 3 is 2.32 bits per heavy atom. The van der Waals surface area contributed by atoms with Crippen molar-refractivity contribution in [1.29, 1.82) is 0 Å². The summed E-state index contributed by atoms with van der Waals surface area (Å²) in [6, 6.07) is 19.1. The van der Waals surface area contributed by atoms with E-state index in [0.717, 1.165) is 44.2 Å². The minimum absolute atomic E-state index is 0.0411. The predicted octanol–water partition coefficient (Wildman–Crippen LogP) is 5.00. The number of aryl methyl sites for hydroxylation is 2. The smallest absolute Gasteiger partial charge is 0.123 e. The van der Waals surface area contributed by atoms with Gasteiger partial charge in [0.1, 0.15) is 43.0 Å². The Labute approximate surface area is 218 Å². The fourth-order valence-corrected chi connectivity index (χ4v) is 4.43. The Morgan fingerprint density at radius 2 is 1.54 bits per heavy atom. The molecule has 6 rings (SSSR count). The summed E-state index contributed by atoms with van der Waals surface area (Å²) in [7, 11) is 0. The molecule has 37 heavy (non-hydrogen) atoms. The fourth-order valence-electron chi connectivity index (χ4n) is 4.43. The number of benzene rings is 3. The van der Waals surface area contributed by atoms with Gasteiger partial charge in [0.05, 0.1) is 32.5 Å². The predicted molar refractivity (Wildman–Crippen MR) is 142 cm³/mol. The van der Waals surface area contributed by atoms with E-state index in [9.17, 15) is 0 Å². The second-order valence-electron chi connectivity index (χ2n) is 10.0. The van der Waals surface area contributed by atoms with Gasteiger partial charge in [-0.05, 0) is 59.9 Å². The van der Waals surface area contributed by atoms with Gasteiger partial charge < -0.3 is 28.4 Å². The van der Waals surface area contributed by atoms with Crippen molar-refractivity contribution in [3.8, 4) is 11.5 Å². The summed E-state index contributed by atoms with van der Waals surface area (Å²) < 4.78 is 34.0. The monoisotopic (exact) mass is 502 g/mol. The van der Waals surface area contributed by atoms with Crippen LogP contribution in [0.5, 0.6) is 11.5 Å². The third kappa shape index (κ3) is 6.90. The maximum Gasteiger partial charge on any atom is 0.123 e. The van der Waals surface area contributed by atoms with Gasteiger partial charge in [0.15, 0.2) is 0 Å². The molecule has 0 radical (unpaired) electrons. The van der Waals surface area contributed by atoms with Crippen molar-refractivity contribution in [1.82, 2.24) is 0 Å². The van der Waals surface area contributed by atoms with Gasteiger partial charge in [-0.15, -0.1) is 0 Å². The first kappa shape index (κ1) is 24.4. The molecule has 3 aromatic rings. The number of hydrogen-bond acceptors (Lipinski definition) is 6. The fraction of sp³-hybridized carbons (Fsp3) is 0.419. The van der Waals surface area contributed by atoms with Gasteiger partial charge >= 0.3 is 0 Å². The lowest BCUT2D eigenvalue weighted by molar-refractivity contribution is 0.0836. The largest absolute Gasteiger partial charge is 0.491 e. The maximum absolute atomic E-state index is 6.24. The van der Waals surface area contributed by atoms with Crippen LogP contribution in [0.1, 0.15) is 23.6 Å². The average molecular weight is 503 g/mol. The van der Waals surface area contributed by atoms with Crippen molar-refractivity contribution < 1.29 is 28.4 Å². The molecule has 3 aliphatic rings. The van der Waals surface area contributed by atoms with Crippen molar-refractivity contribution in [2.45, 2.75) is 44.2 Å². The van der Waals surface area contributed by atoms with Crippen molar-refractivity contribution in [3.05, 3.63) is 77.4 Å². The number of epoxide rings is 3. The van der Waals surface area contributed by atoms with Crippen LogP contribution in [-0.2, 0) is 31.8 Å². The summed E-state index contributed by atoms with van der Waals surface area (Å²) in [4.78, 5) is 0. The molecule has 0 aromatic heterocycles. The van der Waals surface area contributed by atoms with Gasteiger partial charge in [-0.1, -0.05) is 48.6 Å². The molecule has 4 unspecified atom stereocenters. The Balaban J connectivity index is 1.21. The van der Waals surface area contributed by atoms with E-state index in [1.54, 1.807) is 0 Å². The van der Waals surface area contributed by atoms with Gasteiger partial charge in [-0.3, -0.25) is 0 Å². The van der Waals surface area contributed by atoms with E-state index in [1.165, 1.54) is 27.5 Å². The molecule has 0 aliphatic carbocycles. The van der Waals surface area contributed by atoms with E-state index >= 15 is 0 Å². The molecule has 4 atom stereocenters. The summed E-state index contributed by atoms with van der Waals surface area (Å²) in [6.07, 6.45) is 6.78. The summed E-state index contributed by atoms with van der Waals surface area (Å²) >= 11 is 0. The SMILES string of the molecule is CC(/C=C\c1ccccc1CCc1c(OCC2CO2)ccc2ccc(OCC3CO3)cc12)OCC1CO1. The van der Waals surface area contributed by atoms with Crippen LogP contribution >= 0.6 is 0 Å². The van der Waals surface area contributed by atoms with Gasteiger partial charge in [-0.2, -0.15) is 0 Å². The van der Waals surface area contributed by atoms with E-state index in [2.05, 4.69) is 67.6 Å². The Bertz CT molecular complexity index is 1240. The first-order chi connectivity index (χ1) is 18.2. The summed E-state index contributed by atoms with van der Waals surface area (Å²) in [6.45, 7) is 6.27. The van der Waals surface area contributed by atoms with Crippen LogP contribution in [0.15, 0.2) is 60.7 Å². The molecule has 3 aliphatic heterocycles. The molecular formula is C31H34O6. The molecule has 3 fully saturated rings. The average Bonchev–Trinajstić information content (AvgIpc) is 3.76. The first-order valence-corrected chi connectivity index (χ1v) is 13.2. The molecule has 0 amide bonds. The molecule has 194 valence electrons. The summed E-state index contributed by atoms with van der Waals surface area (Å²) in [5.41, 5.74) is 3.71. The van der Waals surface area contributed by atoms with Crippen molar-refractivity contribution in [2.24, 2.45) is 0 Å². The van der Waals surface area contributed by atoms with Crippen LogP contribution in [0, 0.1) is 0 Å². The Kier molecular flexibility index (Phi) is 7.42. The van der Waals surface area contributed by atoms with Gasteiger partial charge in [0.25, 0.3) is 0 Å². The molecule has 0 spiro atoms. The number of fused-ring (bicyclic) bond motifs is 1. The molecular weight excluding hydrogens is 468 g/mol. The number of rotatable bonds is 14. The topological polar surface area (TPSA) is 65.3 Å². The van der Waals surface area contributed by atoms with E-state index < -0.39 is 0 Å². The third-order valence-corrected chi connectivity index (χ3v) is 6.92. The zero-order valence-electron chi connectivity index (χ0n) is 21.3. The van der Waals surface area contributed by atoms with E-state index in [1.807, 2.05) is 6.07 Å². The maximum atomic E-state index is 6.24. The molecule has 0 saturated carbocycles. The molecule has 0 N–H and O–H groups in total. The van der Waals surface area contributed by atoms with Gasteiger partial charge in [0.2, 0.25) is 0 Å². The molecule has 3 aromatic carbocycles. The van der Waals surface area contributed by atoms with Crippen LogP contribution in [0.2, 0.25) is 0 Å². The standard InChI is InChI=1S/C31H34O6/c1-21(32-15-26-17-34-26)6-7-22-4-2-3-5-23(22)9-12-29-30-14-25(33-16-27-18-35-27)11-8-24(30)10-13-31(29)37-20-28-19-36-28/h2-8,10-11,13-14,21,26-28H,9,12,15-20H2,1H3/b7-6-. The lowest BCUT2D eigenvalue weighted by Gasteiger charge is -2.16. The van der Waals surface area contributed by atoms with Crippen molar-refractivity contribution in [3.63, 3.8) is 0 Å². The first-order valence-electron chi connectivity index (χ1n) is 13.2. The molecule has 6 nitrogen and oxygen atoms in total. The van der Waals surface area contributed by atoms with Crippen LogP contribution in [0.25, 0.3) is 16.8 Å². The molecule has 6 heteroatoms. The zero-order valence-corrected chi connectivity index (χ0v) is 21.3. The van der Waals surface area contributed by atoms with E-state index in [-0.39, 0.29) is 24.4 Å². The van der Waals surface area contributed by atoms with Gasteiger partial charge in [-0.25, -0.2) is 0 Å². The van der Waals surface area contributed by atoms with E-state index in [4.69, 9.17) is 28.4 Å². The van der Waals surface area contributed by atoms with E-state index in [0.29, 0.717) is 19.8 Å².